The molecule has 2 aromatic carbocycles. The number of carbonyl (C=O) groups excluding carboxylic acids is 1. The molecule has 1 spiro atoms. The van der Waals surface area contributed by atoms with Crippen molar-refractivity contribution in [3.05, 3.63) is 61.6 Å². The minimum atomic E-state index is -3.97. The SMILES string of the molecule is Cc1cc(Cl)cc2c1OC1(CCN(S(=O)(=O)c3ccc(Cl)c([N+](=O)[O-])c3)CC1)CC2=O. The van der Waals surface area contributed by atoms with Crippen molar-refractivity contribution >= 4 is 44.7 Å². The Labute approximate surface area is 188 Å². The van der Waals surface area contributed by atoms with Gasteiger partial charge in [-0.15, -0.1) is 0 Å². The van der Waals surface area contributed by atoms with Gasteiger partial charge in [-0.1, -0.05) is 23.2 Å². The number of ketones is 1. The van der Waals surface area contributed by atoms with Gasteiger partial charge in [0.1, 0.15) is 16.4 Å². The molecule has 2 aliphatic rings. The number of hydrogen-bond acceptors (Lipinski definition) is 6. The highest BCUT2D eigenvalue weighted by Crippen LogP contribution is 2.43. The number of Topliss-reactive ketones (excluding diaryl/α,β-unsaturated/α-hetero) is 1. The first-order valence-corrected chi connectivity index (χ1v) is 11.7. The van der Waals surface area contributed by atoms with Gasteiger partial charge < -0.3 is 4.74 Å². The number of benzene rings is 2. The van der Waals surface area contributed by atoms with E-state index in [1.807, 2.05) is 6.92 Å². The van der Waals surface area contributed by atoms with Crippen molar-refractivity contribution in [3.8, 4) is 5.75 Å². The molecule has 0 unspecified atom stereocenters. The zero-order valence-electron chi connectivity index (χ0n) is 16.4. The molecular weight excluding hydrogens is 467 g/mol. The Kier molecular flexibility index (Phi) is 5.49. The van der Waals surface area contributed by atoms with Gasteiger partial charge in [0.15, 0.2) is 5.78 Å². The summed E-state index contributed by atoms with van der Waals surface area (Å²) in [6.07, 6.45) is 0.768. The summed E-state index contributed by atoms with van der Waals surface area (Å²) in [5, 5.41) is 11.4. The zero-order chi connectivity index (χ0) is 22.6. The quantitative estimate of drug-likeness (QED) is 0.471. The number of rotatable bonds is 3. The number of hydrogen-bond donors (Lipinski definition) is 0. The number of nitro benzene ring substituents is 1. The first-order valence-electron chi connectivity index (χ1n) is 9.49. The van der Waals surface area contributed by atoms with Gasteiger partial charge in [-0.05, 0) is 36.8 Å². The molecule has 4 rings (SSSR count). The fourth-order valence-corrected chi connectivity index (χ4v) is 5.99. The van der Waals surface area contributed by atoms with E-state index in [-0.39, 0.29) is 35.2 Å². The standard InChI is InChI=1S/C20H18Cl2N2O6S/c1-12-8-13(21)9-15-18(25)11-20(30-19(12)15)4-6-23(7-5-20)31(28,29)14-2-3-16(22)17(10-14)24(26)27/h2-3,8-10H,4-7,11H2,1H3. The van der Waals surface area contributed by atoms with E-state index < -0.39 is 26.2 Å². The monoisotopic (exact) mass is 484 g/mol. The number of sulfonamides is 1. The van der Waals surface area contributed by atoms with Crippen molar-refractivity contribution in [1.82, 2.24) is 4.31 Å². The van der Waals surface area contributed by atoms with Crippen molar-refractivity contribution in [2.45, 2.75) is 36.7 Å². The minimum Gasteiger partial charge on any atom is -0.486 e. The lowest BCUT2D eigenvalue weighted by Crippen LogP contribution is -2.52. The highest BCUT2D eigenvalue weighted by atomic mass is 35.5. The van der Waals surface area contributed by atoms with Gasteiger partial charge in [0.2, 0.25) is 10.0 Å². The molecular formula is C20H18Cl2N2O6S. The fourth-order valence-electron chi connectivity index (χ4n) is 4.07. The Hall–Kier alpha value is -2.20. The van der Waals surface area contributed by atoms with Gasteiger partial charge in [-0.3, -0.25) is 14.9 Å². The number of nitro groups is 1. The summed E-state index contributed by atoms with van der Waals surface area (Å²) in [5.74, 6) is 0.404. The topological polar surface area (TPSA) is 107 Å². The Morgan fingerprint density at radius 1 is 1.16 bits per heavy atom. The van der Waals surface area contributed by atoms with Gasteiger partial charge in [0.25, 0.3) is 5.69 Å². The third-order valence-corrected chi connectivity index (χ3v) is 8.16. The highest BCUT2D eigenvalue weighted by molar-refractivity contribution is 7.89. The lowest BCUT2D eigenvalue weighted by atomic mass is 9.82. The van der Waals surface area contributed by atoms with Crippen LogP contribution in [-0.2, 0) is 10.0 Å². The molecule has 2 aromatic rings. The van der Waals surface area contributed by atoms with Crippen LogP contribution in [0.2, 0.25) is 10.0 Å². The molecule has 2 heterocycles. The summed E-state index contributed by atoms with van der Waals surface area (Å²) in [5.41, 5.74) is -0.0680. The second-order valence-electron chi connectivity index (χ2n) is 7.76. The molecule has 2 aliphatic heterocycles. The molecule has 8 nitrogen and oxygen atoms in total. The van der Waals surface area contributed by atoms with Gasteiger partial charge in [0, 0.05) is 37.0 Å². The molecule has 0 aliphatic carbocycles. The molecule has 0 amide bonds. The minimum absolute atomic E-state index is 0.0866. The summed E-state index contributed by atoms with van der Waals surface area (Å²) in [6, 6.07) is 6.72. The maximum Gasteiger partial charge on any atom is 0.289 e. The summed E-state index contributed by atoms with van der Waals surface area (Å²) in [7, 11) is -3.97. The summed E-state index contributed by atoms with van der Waals surface area (Å²) in [4.78, 5) is 22.9. The Balaban J connectivity index is 1.57. The molecule has 31 heavy (non-hydrogen) atoms. The first kappa shape index (κ1) is 22.0. The van der Waals surface area contributed by atoms with Crippen LogP contribution in [0.4, 0.5) is 5.69 Å². The van der Waals surface area contributed by atoms with Crippen molar-refractivity contribution < 1.29 is 22.9 Å². The number of carbonyl (C=O) groups is 1. The predicted molar refractivity (Wildman–Crippen MR) is 115 cm³/mol. The third-order valence-electron chi connectivity index (χ3n) is 5.73. The molecule has 0 bridgehead atoms. The van der Waals surface area contributed by atoms with Crippen LogP contribution in [0.25, 0.3) is 0 Å². The van der Waals surface area contributed by atoms with Crippen LogP contribution in [-0.4, -0.2) is 42.1 Å². The van der Waals surface area contributed by atoms with E-state index in [1.165, 1.54) is 16.4 Å². The van der Waals surface area contributed by atoms with Crippen LogP contribution < -0.4 is 4.74 Å². The molecule has 11 heteroatoms. The summed E-state index contributed by atoms with van der Waals surface area (Å²) >= 11 is 11.9. The molecule has 164 valence electrons. The third kappa shape index (κ3) is 3.91. The maximum absolute atomic E-state index is 13.0. The molecule has 0 atom stereocenters. The van der Waals surface area contributed by atoms with Crippen molar-refractivity contribution in [1.29, 1.82) is 0 Å². The number of fused-ring (bicyclic) bond motifs is 1. The van der Waals surface area contributed by atoms with Gasteiger partial charge >= 0.3 is 0 Å². The fraction of sp³-hybridized carbons (Fsp3) is 0.350. The average Bonchev–Trinajstić information content (AvgIpc) is 2.69. The smallest absolute Gasteiger partial charge is 0.289 e. The van der Waals surface area contributed by atoms with E-state index in [0.717, 1.165) is 11.6 Å². The molecule has 0 saturated carbocycles. The largest absolute Gasteiger partial charge is 0.486 e. The van der Waals surface area contributed by atoms with Crippen molar-refractivity contribution in [3.63, 3.8) is 0 Å². The van der Waals surface area contributed by atoms with Crippen LogP contribution in [0.5, 0.6) is 5.75 Å². The van der Waals surface area contributed by atoms with Crippen molar-refractivity contribution in [2.24, 2.45) is 0 Å². The van der Waals surface area contributed by atoms with E-state index in [4.69, 9.17) is 27.9 Å². The summed E-state index contributed by atoms with van der Waals surface area (Å²) in [6.45, 7) is 2.05. The lowest BCUT2D eigenvalue weighted by molar-refractivity contribution is -0.384. The average molecular weight is 485 g/mol. The highest BCUT2D eigenvalue weighted by Gasteiger charge is 2.45. The lowest BCUT2D eigenvalue weighted by Gasteiger charge is -2.43. The van der Waals surface area contributed by atoms with Crippen LogP contribution >= 0.6 is 23.2 Å². The van der Waals surface area contributed by atoms with Crippen LogP contribution in [0.15, 0.2) is 35.2 Å². The number of ether oxygens (including phenoxy) is 1. The van der Waals surface area contributed by atoms with Gasteiger partial charge in [-0.2, -0.15) is 4.31 Å². The van der Waals surface area contributed by atoms with Gasteiger partial charge in [0.05, 0.1) is 21.8 Å². The second kappa shape index (κ2) is 7.74. The first-order chi connectivity index (χ1) is 14.5. The number of aryl methyl sites for hydroxylation is 1. The number of halogens is 2. The second-order valence-corrected chi connectivity index (χ2v) is 10.5. The molecule has 0 radical (unpaired) electrons. The molecule has 0 N–H and O–H groups in total. The molecule has 0 aromatic heterocycles. The van der Waals surface area contributed by atoms with E-state index in [9.17, 15) is 23.3 Å². The van der Waals surface area contributed by atoms with E-state index >= 15 is 0 Å². The van der Waals surface area contributed by atoms with E-state index in [1.54, 1.807) is 12.1 Å². The summed E-state index contributed by atoms with van der Waals surface area (Å²) < 4.78 is 33.6. The number of piperidine rings is 1. The van der Waals surface area contributed by atoms with Crippen LogP contribution in [0, 0.1) is 17.0 Å². The van der Waals surface area contributed by atoms with Crippen LogP contribution in [0.3, 0.4) is 0 Å². The van der Waals surface area contributed by atoms with E-state index in [0.29, 0.717) is 29.2 Å². The van der Waals surface area contributed by atoms with Crippen LogP contribution in [0.1, 0.15) is 35.2 Å². The number of nitrogens with zero attached hydrogens (tertiary/aromatic N) is 2. The van der Waals surface area contributed by atoms with Gasteiger partial charge in [-0.25, -0.2) is 8.42 Å². The molecule has 1 fully saturated rings. The normalized spacial score (nSPS) is 18.5. The predicted octanol–water partition coefficient (Wildman–Crippen LogP) is 4.40. The maximum atomic E-state index is 13.0. The molecule has 1 saturated heterocycles. The Morgan fingerprint density at radius 2 is 1.84 bits per heavy atom. The zero-order valence-corrected chi connectivity index (χ0v) is 18.8. The Morgan fingerprint density at radius 3 is 2.48 bits per heavy atom. The van der Waals surface area contributed by atoms with E-state index in [2.05, 4.69) is 0 Å². The Bertz CT molecular complexity index is 1210. The van der Waals surface area contributed by atoms with Crippen molar-refractivity contribution in [2.75, 3.05) is 13.1 Å².